The Morgan fingerprint density at radius 1 is 1.37 bits per heavy atom. The summed E-state index contributed by atoms with van der Waals surface area (Å²) in [4.78, 5) is 0.0243. The molecule has 0 aromatic heterocycles. The second kappa shape index (κ2) is 7.02. The van der Waals surface area contributed by atoms with Crippen molar-refractivity contribution in [2.24, 2.45) is 0 Å². The van der Waals surface area contributed by atoms with Gasteiger partial charge in [0.25, 0.3) is 0 Å². The summed E-state index contributed by atoms with van der Waals surface area (Å²) in [5, 5.41) is 18.3. The lowest BCUT2D eigenvalue weighted by atomic mass is 10.2. The van der Waals surface area contributed by atoms with Gasteiger partial charge in [0.15, 0.2) is 0 Å². The molecule has 0 saturated heterocycles. The topological polar surface area (TPSA) is 77.8 Å². The summed E-state index contributed by atoms with van der Waals surface area (Å²) < 4.78 is 25.8. The largest absolute Gasteiger partial charge is 0.395 e. The zero-order valence-electron chi connectivity index (χ0n) is 10.3. The fourth-order valence-electron chi connectivity index (χ4n) is 1.55. The lowest BCUT2D eigenvalue weighted by molar-refractivity contribution is 0.260. The number of aliphatic hydroxyl groups is 2. The van der Waals surface area contributed by atoms with Crippen LogP contribution >= 0.6 is 11.6 Å². The molecule has 0 atom stereocenters. The van der Waals surface area contributed by atoms with Crippen molar-refractivity contribution < 1.29 is 18.6 Å². The smallest absolute Gasteiger partial charge is 0.243 e. The highest BCUT2D eigenvalue weighted by Crippen LogP contribution is 2.22. The summed E-state index contributed by atoms with van der Waals surface area (Å²) in [6.07, 6.45) is 1.44. The molecule has 1 rings (SSSR count). The number of aliphatic hydroxyl groups excluding tert-OH is 2. The molecule has 0 heterocycles. The highest BCUT2D eigenvalue weighted by Gasteiger charge is 2.23. The van der Waals surface area contributed by atoms with E-state index in [1.54, 1.807) is 0 Å². The first-order chi connectivity index (χ1) is 8.97. The highest BCUT2D eigenvalue weighted by atomic mass is 35.5. The van der Waals surface area contributed by atoms with Gasteiger partial charge in [0, 0.05) is 18.1 Å². The van der Waals surface area contributed by atoms with E-state index < -0.39 is 10.0 Å². The predicted molar refractivity (Wildman–Crippen MR) is 73.4 cm³/mol. The lowest BCUT2D eigenvalue weighted by Crippen LogP contribution is -2.33. The van der Waals surface area contributed by atoms with Crippen molar-refractivity contribution in [1.29, 1.82) is 0 Å². The van der Waals surface area contributed by atoms with Gasteiger partial charge in [-0.2, -0.15) is 4.31 Å². The molecule has 0 bridgehead atoms. The molecule has 0 aliphatic carbocycles. The van der Waals surface area contributed by atoms with Crippen LogP contribution in [0.1, 0.15) is 5.56 Å². The Bertz CT molecular complexity index is 545. The van der Waals surface area contributed by atoms with Gasteiger partial charge < -0.3 is 10.2 Å². The average molecular weight is 306 g/mol. The Morgan fingerprint density at radius 3 is 2.58 bits per heavy atom. The Balaban J connectivity index is 3.20. The van der Waals surface area contributed by atoms with Gasteiger partial charge in [-0.05, 0) is 23.8 Å². The zero-order valence-corrected chi connectivity index (χ0v) is 11.9. The third-order valence-electron chi connectivity index (χ3n) is 2.51. The Labute approximate surface area is 117 Å². The van der Waals surface area contributed by atoms with Crippen molar-refractivity contribution in [3.05, 3.63) is 41.4 Å². The molecule has 0 amide bonds. The van der Waals surface area contributed by atoms with Crippen molar-refractivity contribution >= 4 is 21.6 Å². The maximum absolute atomic E-state index is 12.3. The number of hydrogen-bond acceptors (Lipinski definition) is 4. The van der Waals surface area contributed by atoms with Gasteiger partial charge in [-0.3, -0.25) is 0 Å². The minimum atomic E-state index is -3.74. The van der Waals surface area contributed by atoms with E-state index in [9.17, 15) is 8.42 Å². The van der Waals surface area contributed by atoms with Crippen LogP contribution < -0.4 is 0 Å². The highest BCUT2D eigenvalue weighted by molar-refractivity contribution is 7.89. The zero-order chi connectivity index (χ0) is 14.5. The van der Waals surface area contributed by atoms with Crippen molar-refractivity contribution in [3.63, 3.8) is 0 Å². The molecular formula is C12H16ClNO4S. The van der Waals surface area contributed by atoms with E-state index in [0.717, 1.165) is 4.31 Å². The van der Waals surface area contributed by atoms with Gasteiger partial charge in [-0.25, -0.2) is 8.42 Å². The number of benzene rings is 1. The van der Waals surface area contributed by atoms with Crippen molar-refractivity contribution in [2.75, 3.05) is 19.7 Å². The van der Waals surface area contributed by atoms with Crippen LogP contribution in [0.25, 0.3) is 0 Å². The van der Waals surface area contributed by atoms with Crippen LogP contribution in [0.3, 0.4) is 0 Å². The molecule has 19 heavy (non-hydrogen) atoms. The summed E-state index contributed by atoms with van der Waals surface area (Å²) in [6.45, 7) is 2.94. The Hall–Kier alpha value is -0.920. The number of sulfonamides is 1. The molecule has 1 aromatic rings. The molecule has 0 fully saturated rings. The first-order valence-corrected chi connectivity index (χ1v) is 7.40. The third-order valence-corrected chi connectivity index (χ3v) is 4.74. The molecule has 1 aromatic carbocycles. The molecule has 0 unspecified atom stereocenters. The van der Waals surface area contributed by atoms with Gasteiger partial charge in [-0.15, -0.1) is 6.58 Å². The lowest BCUT2D eigenvalue weighted by Gasteiger charge is -2.20. The molecule has 0 aliphatic rings. The van der Waals surface area contributed by atoms with Gasteiger partial charge >= 0.3 is 0 Å². The fraction of sp³-hybridized carbons (Fsp3) is 0.333. The van der Waals surface area contributed by atoms with E-state index in [-0.39, 0.29) is 31.2 Å². The van der Waals surface area contributed by atoms with E-state index in [1.807, 2.05) is 0 Å². The van der Waals surface area contributed by atoms with Gasteiger partial charge in [0.1, 0.15) is 0 Å². The number of halogens is 1. The van der Waals surface area contributed by atoms with E-state index >= 15 is 0 Å². The van der Waals surface area contributed by atoms with Crippen LogP contribution in [0.15, 0.2) is 35.7 Å². The molecule has 0 radical (unpaired) electrons. The summed E-state index contributed by atoms with van der Waals surface area (Å²) >= 11 is 5.82. The summed E-state index contributed by atoms with van der Waals surface area (Å²) in [6, 6.07) is 4.11. The predicted octanol–water partition coefficient (Wildman–Crippen LogP) is 1.00. The van der Waals surface area contributed by atoms with Crippen LogP contribution in [-0.2, 0) is 16.6 Å². The first kappa shape index (κ1) is 16.1. The summed E-state index contributed by atoms with van der Waals surface area (Å²) in [7, 11) is -3.74. The van der Waals surface area contributed by atoms with Crippen LogP contribution in [0.5, 0.6) is 0 Å². The summed E-state index contributed by atoms with van der Waals surface area (Å²) in [5.41, 5.74) is 0.338. The normalized spacial score (nSPS) is 11.8. The van der Waals surface area contributed by atoms with E-state index in [0.29, 0.717) is 10.6 Å². The number of rotatable bonds is 7. The number of hydrogen-bond donors (Lipinski definition) is 2. The number of nitrogens with zero attached hydrogens (tertiary/aromatic N) is 1. The van der Waals surface area contributed by atoms with E-state index in [2.05, 4.69) is 6.58 Å². The van der Waals surface area contributed by atoms with E-state index in [4.69, 9.17) is 21.8 Å². The second-order valence-electron chi connectivity index (χ2n) is 3.79. The minimum absolute atomic E-state index is 0.0224. The van der Waals surface area contributed by atoms with E-state index in [1.165, 1.54) is 24.3 Å². The third kappa shape index (κ3) is 3.77. The Kier molecular flexibility index (Phi) is 5.96. The quantitative estimate of drug-likeness (QED) is 0.737. The minimum Gasteiger partial charge on any atom is -0.395 e. The van der Waals surface area contributed by atoms with Crippen LogP contribution in [0.4, 0.5) is 0 Å². The molecule has 0 spiro atoms. The maximum Gasteiger partial charge on any atom is 0.243 e. The molecule has 0 aliphatic heterocycles. The second-order valence-corrected chi connectivity index (χ2v) is 6.13. The van der Waals surface area contributed by atoms with Gasteiger partial charge in [0.05, 0.1) is 18.1 Å². The van der Waals surface area contributed by atoms with Crippen LogP contribution in [-0.4, -0.2) is 42.6 Å². The van der Waals surface area contributed by atoms with Crippen LogP contribution in [0, 0.1) is 0 Å². The molecule has 2 N–H and O–H groups in total. The van der Waals surface area contributed by atoms with Gasteiger partial charge in [-0.1, -0.05) is 17.7 Å². The molecule has 5 nitrogen and oxygen atoms in total. The molecule has 106 valence electrons. The van der Waals surface area contributed by atoms with Crippen LogP contribution in [0.2, 0.25) is 5.02 Å². The Morgan fingerprint density at radius 2 is 2.05 bits per heavy atom. The summed E-state index contributed by atoms with van der Waals surface area (Å²) in [5.74, 6) is 0. The molecular weight excluding hydrogens is 290 g/mol. The maximum atomic E-state index is 12.3. The van der Waals surface area contributed by atoms with Crippen molar-refractivity contribution in [1.82, 2.24) is 4.31 Å². The molecule has 7 heteroatoms. The average Bonchev–Trinajstić information content (AvgIpc) is 2.38. The molecule has 0 saturated carbocycles. The monoisotopic (exact) mass is 305 g/mol. The standard InChI is InChI=1S/C12H16ClNO4S/c1-2-5-14(6-7-15)19(17,18)11-3-4-12(13)10(8-11)9-16/h2-4,8,15-16H,1,5-7,9H2. The first-order valence-electron chi connectivity index (χ1n) is 5.58. The van der Waals surface area contributed by atoms with Crippen molar-refractivity contribution in [2.45, 2.75) is 11.5 Å². The van der Waals surface area contributed by atoms with Gasteiger partial charge in [0.2, 0.25) is 10.0 Å². The SMILES string of the molecule is C=CCN(CCO)S(=O)(=O)c1ccc(Cl)c(CO)c1. The fourth-order valence-corrected chi connectivity index (χ4v) is 3.18. The van der Waals surface area contributed by atoms with Crippen molar-refractivity contribution in [3.8, 4) is 0 Å².